The summed E-state index contributed by atoms with van der Waals surface area (Å²) < 4.78 is 0. The van der Waals surface area contributed by atoms with Gasteiger partial charge in [0.2, 0.25) is 0 Å². The molecule has 0 aliphatic carbocycles. The molecular formula is C23H34O7. The lowest BCUT2D eigenvalue weighted by molar-refractivity contribution is -0.143. The van der Waals surface area contributed by atoms with Crippen molar-refractivity contribution in [2.75, 3.05) is 0 Å². The van der Waals surface area contributed by atoms with Crippen LogP contribution in [0.1, 0.15) is 87.1 Å². The Morgan fingerprint density at radius 3 is 1.93 bits per heavy atom. The SMILES string of the molecule is CCCCCCCCCC=CCc1cc(C(=O)O)ccc1O.O=C(O)CCC(=O)O. The van der Waals surface area contributed by atoms with Gasteiger partial charge in [0.05, 0.1) is 18.4 Å². The maximum atomic E-state index is 10.9. The molecule has 7 heteroatoms. The average Bonchev–Trinajstić information content (AvgIpc) is 2.69. The number of hydrogen-bond acceptors (Lipinski definition) is 4. The lowest BCUT2D eigenvalue weighted by atomic mass is 10.1. The third-order valence-corrected chi connectivity index (χ3v) is 4.36. The molecule has 7 nitrogen and oxygen atoms in total. The Labute approximate surface area is 178 Å². The van der Waals surface area contributed by atoms with E-state index in [-0.39, 0.29) is 24.2 Å². The molecule has 0 radical (unpaired) electrons. The molecule has 0 saturated heterocycles. The highest BCUT2D eigenvalue weighted by atomic mass is 16.4. The molecule has 0 amide bonds. The monoisotopic (exact) mass is 422 g/mol. The molecule has 0 heterocycles. The highest BCUT2D eigenvalue weighted by Crippen LogP contribution is 2.19. The van der Waals surface area contributed by atoms with Gasteiger partial charge in [-0.3, -0.25) is 9.59 Å². The third kappa shape index (κ3) is 15.1. The minimum Gasteiger partial charge on any atom is -0.508 e. The van der Waals surface area contributed by atoms with Crippen molar-refractivity contribution < 1.29 is 34.8 Å². The second kappa shape index (κ2) is 17.1. The van der Waals surface area contributed by atoms with Crippen molar-refractivity contribution in [3.8, 4) is 5.75 Å². The average molecular weight is 423 g/mol. The van der Waals surface area contributed by atoms with E-state index < -0.39 is 17.9 Å². The molecule has 0 unspecified atom stereocenters. The number of hydrogen-bond donors (Lipinski definition) is 4. The number of carboxylic acid groups (broad SMARTS) is 3. The fourth-order valence-corrected chi connectivity index (χ4v) is 2.64. The van der Waals surface area contributed by atoms with Crippen molar-refractivity contribution >= 4 is 17.9 Å². The summed E-state index contributed by atoms with van der Waals surface area (Å²) in [6, 6.07) is 4.40. The summed E-state index contributed by atoms with van der Waals surface area (Å²) in [6.45, 7) is 2.23. The highest BCUT2D eigenvalue weighted by Gasteiger charge is 2.06. The normalized spacial score (nSPS) is 10.4. The summed E-state index contributed by atoms with van der Waals surface area (Å²) >= 11 is 0. The van der Waals surface area contributed by atoms with E-state index in [4.69, 9.17) is 15.3 Å². The topological polar surface area (TPSA) is 132 Å². The van der Waals surface area contributed by atoms with E-state index in [0.29, 0.717) is 12.0 Å². The first-order valence-electron chi connectivity index (χ1n) is 10.4. The summed E-state index contributed by atoms with van der Waals surface area (Å²) in [7, 11) is 0. The van der Waals surface area contributed by atoms with Crippen LogP contribution in [0.15, 0.2) is 30.4 Å². The van der Waals surface area contributed by atoms with Gasteiger partial charge in [0.1, 0.15) is 5.75 Å². The van der Waals surface area contributed by atoms with Crippen LogP contribution in [0, 0.1) is 0 Å². The van der Waals surface area contributed by atoms with Gasteiger partial charge in [-0.05, 0) is 43.0 Å². The Balaban J connectivity index is 0.000000890. The quantitative estimate of drug-likeness (QED) is 0.237. The first kappa shape index (κ1) is 27.2. The summed E-state index contributed by atoms with van der Waals surface area (Å²) in [5.74, 6) is -2.96. The molecule has 0 aliphatic rings. The molecule has 1 aromatic carbocycles. The minimum atomic E-state index is -1.08. The van der Waals surface area contributed by atoms with E-state index in [2.05, 4.69) is 13.0 Å². The van der Waals surface area contributed by atoms with E-state index in [9.17, 15) is 19.5 Å². The molecule has 0 fully saturated rings. The molecule has 0 spiro atoms. The van der Waals surface area contributed by atoms with Crippen molar-refractivity contribution in [1.29, 1.82) is 0 Å². The van der Waals surface area contributed by atoms with Crippen molar-refractivity contribution in [1.82, 2.24) is 0 Å². The first-order valence-corrected chi connectivity index (χ1v) is 10.4. The summed E-state index contributed by atoms with van der Waals surface area (Å²) in [5, 5.41) is 34.5. The summed E-state index contributed by atoms with van der Waals surface area (Å²) in [5.41, 5.74) is 0.879. The smallest absolute Gasteiger partial charge is 0.335 e. The molecule has 0 saturated carbocycles. The van der Waals surface area contributed by atoms with Crippen LogP contribution in [0.5, 0.6) is 5.75 Å². The van der Waals surface area contributed by atoms with Crippen LogP contribution in [0.4, 0.5) is 0 Å². The summed E-state index contributed by atoms with van der Waals surface area (Å²) in [6.07, 6.45) is 14.3. The van der Waals surface area contributed by atoms with Crippen LogP contribution in [0.3, 0.4) is 0 Å². The molecule has 4 N–H and O–H groups in total. The minimum absolute atomic E-state index is 0.158. The lowest BCUT2D eigenvalue weighted by Crippen LogP contribution is -2.00. The van der Waals surface area contributed by atoms with Gasteiger partial charge < -0.3 is 20.4 Å². The molecule has 1 rings (SSSR count). The third-order valence-electron chi connectivity index (χ3n) is 4.36. The first-order chi connectivity index (χ1) is 14.3. The Morgan fingerprint density at radius 2 is 1.40 bits per heavy atom. The van der Waals surface area contributed by atoms with E-state index in [0.717, 1.165) is 6.42 Å². The van der Waals surface area contributed by atoms with Crippen molar-refractivity contribution in [3.05, 3.63) is 41.5 Å². The zero-order valence-corrected chi connectivity index (χ0v) is 17.7. The molecule has 0 atom stereocenters. The fourth-order valence-electron chi connectivity index (χ4n) is 2.64. The zero-order chi connectivity index (χ0) is 22.8. The number of aliphatic carboxylic acids is 2. The van der Waals surface area contributed by atoms with Crippen LogP contribution in [0.25, 0.3) is 0 Å². The van der Waals surface area contributed by atoms with E-state index in [1.807, 2.05) is 6.08 Å². The van der Waals surface area contributed by atoms with Gasteiger partial charge >= 0.3 is 17.9 Å². The Kier molecular flexibility index (Phi) is 15.5. The number of allylic oxidation sites excluding steroid dienone is 2. The maximum Gasteiger partial charge on any atom is 0.335 e. The molecule has 1 aromatic rings. The largest absolute Gasteiger partial charge is 0.508 e. The lowest BCUT2D eigenvalue weighted by Gasteiger charge is -2.03. The zero-order valence-electron chi connectivity index (χ0n) is 17.7. The molecule has 30 heavy (non-hydrogen) atoms. The van der Waals surface area contributed by atoms with Crippen LogP contribution in [-0.4, -0.2) is 38.3 Å². The van der Waals surface area contributed by atoms with Gasteiger partial charge in [0.15, 0.2) is 0 Å². The molecule has 0 aromatic heterocycles. The van der Waals surface area contributed by atoms with Gasteiger partial charge in [0, 0.05) is 0 Å². The highest BCUT2D eigenvalue weighted by molar-refractivity contribution is 5.88. The molecule has 0 bridgehead atoms. The van der Waals surface area contributed by atoms with Crippen LogP contribution in [-0.2, 0) is 16.0 Å². The van der Waals surface area contributed by atoms with Gasteiger partial charge in [-0.25, -0.2) is 4.79 Å². The Bertz CT molecular complexity index is 666. The molecule has 0 aliphatic heterocycles. The van der Waals surface area contributed by atoms with Gasteiger partial charge in [-0.15, -0.1) is 0 Å². The van der Waals surface area contributed by atoms with Gasteiger partial charge in [-0.1, -0.05) is 57.6 Å². The Hall–Kier alpha value is -2.83. The molecule has 168 valence electrons. The number of phenols is 1. The fraction of sp³-hybridized carbons (Fsp3) is 0.522. The van der Waals surface area contributed by atoms with Gasteiger partial charge in [0.25, 0.3) is 0 Å². The number of carbonyl (C=O) groups is 3. The number of unbranched alkanes of at least 4 members (excludes halogenated alkanes) is 7. The maximum absolute atomic E-state index is 10.9. The van der Waals surface area contributed by atoms with E-state index in [1.54, 1.807) is 0 Å². The van der Waals surface area contributed by atoms with E-state index in [1.165, 1.54) is 63.1 Å². The molecular weight excluding hydrogens is 388 g/mol. The standard InChI is InChI=1S/C19H28O3.C4H6O4/c1-2-3-4-5-6-7-8-9-10-11-12-16-15-17(19(21)22)13-14-18(16)20;5-3(6)1-2-4(7)8/h10-11,13-15,20H,2-9,12H2,1H3,(H,21,22);1-2H2,(H,5,6)(H,7,8). The second-order valence-electron chi connectivity index (χ2n) is 7.02. The predicted octanol–water partition coefficient (Wildman–Crippen LogP) is 5.27. The van der Waals surface area contributed by atoms with Crippen LogP contribution < -0.4 is 0 Å². The number of aromatic hydroxyl groups is 1. The van der Waals surface area contributed by atoms with Crippen LogP contribution in [0.2, 0.25) is 0 Å². The number of phenolic OH excluding ortho intramolecular Hbond substituents is 1. The van der Waals surface area contributed by atoms with Crippen molar-refractivity contribution in [2.45, 2.75) is 77.6 Å². The van der Waals surface area contributed by atoms with E-state index >= 15 is 0 Å². The Morgan fingerprint density at radius 1 is 0.833 bits per heavy atom. The second-order valence-corrected chi connectivity index (χ2v) is 7.02. The summed E-state index contributed by atoms with van der Waals surface area (Å²) in [4.78, 5) is 30.2. The number of aromatic carboxylic acids is 1. The van der Waals surface area contributed by atoms with Crippen molar-refractivity contribution in [2.24, 2.45) is 0 Å². The van der Waals surface area contributed by atoms with Gasteiger partial charge in [-0.2, -0.15) is 0 Å². The number of carboxylic acids is 3. The van der Waals surface area contributed by atoms with Crippen LogP contribution >= 0.6 is 0 Å². The predicted molar refractivity (Wildman–Crippen MR) is 115 cm³/mol. The van der Waals surface area contributed by atoms with Crippen molar-refractivity contribution in [3.63, 3.8) is 0 Å². The number of benzene rings is 1. The number of rotatable bonds is 14.